The van der Waals surface area contributed by atoms with Crippen LogP contribution in [-0.4, -0.2) is 17.7 Å². The first-order chi connectivity index (χ1) is 4.88. The zero-order valence-electron chi connectivity index (χ0n) is 5.34. The average molecular weight is 141 g/mol. The molecule has 1 unspecified atom stereocenters. The quantitative estimate of drug-likeness (QED) is 0.252. The highest BCUT2D eigenvalue weighted by Crippen LogP contribution is 2.17. The van der Waals surface area contributed by atoms with E-state index in [0.717, 1.165) is 12.8 Å². The topological polar surface area (TPSA) is 81.4 Å². The van der Waals surface area contributed by atoms with Crippen molar-refractivity contribution in [3.8, 4) is 0 Å². The van der Waals surface area contributed by atoms with Gasteiger partial charge in [0, 0.05) is 11.5 Å². The fourth-order valence-corrected chi connectivity index (χ4v) is 1.01. The van der Waals surface area contributed by atoms with Crippen LogP contribution in [0.3, 0.4) is 0 Å². The largest absolute Gasteiger partial charge is 0.252 e. The van der Waals surface area contributed by atoms with E-state index >= 15 is 0 Å². The molecular formula is C4H7N5O. The van der Waals surface area contributed by atoms with Gasteiger partial charge in [-0.15, -0.1) is 4.91 Å². The fraction of sp³-hybridized carbons (Fsp3) is 1.00. The predicted octanol–water partition coefficient (Wildman–Crippen LogP) is 1.40. The summed E-state index contributed by atoms with van der Waals surface area (Å²) in [5.74, 6) is 0. The monoisotopic (exact) mass is 141 g/mol. The third-order valence-corrected chi connectivity index (χ3v) is 1.48. The van der Waals surface area contributed by atoms with Crippen LogP contribution >= 0.6 is 0 Å². The molecule has 1 fully saturated rings. The van der Waals surface area contributed by atoms with Gasteiger partial charge >= 0.3 is 0 Å². The van der Waals surface area contributed by atoms with Gasteiger partial charge in [-0.2, -0.15) is 0 Å². The van der Waals surface area contributed by atoms with Crippen LogP contribution in [0.1, 0.15) is 12.8 Å². The molecule has 0 aromatic heterocycles. The number of rotatable bonds is 2. The van der Waals surface area contributed by atoms with E-state index in [4.69, 9.17) is 5.53 Å². The van der Waals surface area contributed by atoms with Gasteiger partial charge in [0.05, 0.1) is 5.29 Å². The number of hydrogen-bond acceptors (Lipinski definition) is 3. The van der Waals surface area contributed by atoms with E-state index in [0.29, 0.717) is 6.54 Å². The summed E-state index contributed by atoms with van der Waals surface area (Å²) in [6, 6.07) is 0. The van der Waals surface area contributed by atoms with Crippen molar-refractivity contribution in [1.29, 1.82) is 0 Å². The van der Waals surface area contributed by atoms with E-state index in [1.807, 2.05) is 0 Å². The van der Waals surface area contributed by atoms with E-state index < -0.39 is 0 Å². The average Bonchev–Trinajstić information content (AvgIpc) is 2.36. The normalized spacial score (nSPS) is 24.0. The Balaban J connectivity index is 2.57. The maximum Gasteiger partial charge on any atom is 0.129 e. The summed E-state index contributed by atoms with van der Waals surface area (Å²) in [4.78, 5) is 12.6. The molecule has 1 rings (SSSR count). The Morgan fingerprint density at radius 2 is 2.50 bits per heavy atom. The van der Waals surface area contributed by atoms with Crippen LogP contribution in [0.5, 0.6) is 0 Å². The standard InChI is InChI=1S/C4H7N5O/c5-7-6-4-2-1-3-9(4)8-10/h4H,1-3H2. The molecule has 0 spiro atoms. The van der Waals surface area contributed by atoms with Gasteiger partial charge in [-0.3, -0.25) is 5.01 Å². The summed E-state index contributed by atoms with van der Waals surface area (Å²) in [6.45, 7) is 0.604. The predicted molar refractivity (Wildman–Crippen MR) is 34.7 cm³/mol. The van der Waals surface area contributed by atoms with Crippen LogP contribution < -0.4 is 0 Å². The van der Waals surface area contributed by atoms with Gasteiger partial charge in [0.15, 0.2) is 0 Å². The molecule has 0 amide bonds. The second-order valence-electron chi connectivity index (χ2n) is 2.07. The highest BCUT2D eigenvalue weighted by Gasteiger charge is 2.22. The minimum Gasteiger partial charge on any atom is -0.252 e. The Morgan fingerprint density at radius 3 is 3.10 bits per heavy atom. The van der Waals surface area contributed by atoms with Crippen LogP contribution in [0.2, 0.25) is 0 Å². The minimum atomic E-state index is -0.345. The lowest BCUT2D eigenvalue weighted by molar-refractivity contribution is 0.268. The number of hydrogen-bond donors (Lipinski definition) is 0. The Morgan fingerprint density at radius 1 is 1.70 bits per heavy atom. The van der Waals surface area contributed by atoms with Crippen LogP contribution in [-0.2, 0) is 0 Å². The Bertz CT molecular complexity index is 174. The lowest BCUT2D eigenvalue weighted by Gasteiger charge is -2.10. The first kappa shape index (κ1) is 6.82. The van der Waals surface area contributed by atoms with Crippen LogP contribution in [0, 0.1) is 4.91 Å². The molecule has 54 valence electrons. The second-order valence-corrected chi connectivity index (χ2v) is 2.07. The van der Waals surface area contributed by atoms with Crippen LogP contribution in [0.25, 0.3) is 10.4 Å². The molecule has 6 nitrogen and oxygen atoms in total. The molecule has 0 saturated carbocycles. The molecule has 0 aromatic carbocycles. The van der Waals surface area contributed by atoms with Crippen molar-refractivity contribution in [1.82, 2.24) is 5.01 Å². The van der Waals surface area contributed by atoms with Crippen molar-refractivity contribution in [3.63, 3.8) is 0 Å². The molecule has 0 aromatic rings. The molecule has 1 aliphatic heterocycles. The van der Waals surface area contributed by atoms with Gasteiger partial charge in [-0.1, -0.05) is 5.11 Å². The molecule has 1 atom stereocenters. The van der Waals surface area contributed by atoms with Crippen molar-refractivity contribution < 1.29 is 0 Å². The van der Waals surface area contributed by atoms with Crippen LogP contribution in [0.15, 0.2) is 10.4 Å². The first-order valence-corrected chi connectivity index (χ1v) is 3.02. The zero-order chi connectivity index (χ0) is 7.40. The van der Waals surface area contributed by atoms with Gasteiger partial charge in [0.1, 0.15) is 6.17 Å². The summed E-state index contributed by atoms with van der Waals surface area (Å²) in [7, 11) is 0. The Kier molecular flexibility index (Phi) is 2.07. The molecule has 0 aliphatic carbocycles. The highest BCUT2D eigenvalue weighted by atomic mass is 16.3. The molecule has 6 heteroatoms. The summed E-state index contributed by atoms with van der Waals surface area (Å²) in [5.41, 5.74) is 8.03. The summed E-state index contributed by atoms with van der Waals surface area (Å²) >= 11 is 0. The second kappa shape index (κ2) is 3.03. The van der Waals surface area contributed by atoms with Gasteiger partial charge in [0.25, 0.3) is 0 Å². The summed E-state index contributed by atoms with van der Waals surface area (Å²) < 4.78 is 0. The summed E-state index contributed by atoms with van der Waals surface area (Å²) in [6.07, 6.45) is 1.26. The third kappa shape index (κ3) is 1.16. The highest BCUT2D eigenvalue weighted by molar-refractivity contribution is 4.73. The van der Waals surface area contributed by atoms with E-state index in [2.05, 4.69) is 15.3 Å². The number of nitroso groups, excluding NO2 is 1. The Hall–Kier alpha value is -1.29. The molecule has 0 bridgehead atoms. The number of nitrogens with zero attached hydrogens (tertiary/aromatic N) is 5. The third-order valence-electron chi connectivity index (χ3n) is 1.48. The molecule has 1 aliphatic rings. The van der Waals surface area contributed by atoms with E-state index in [1.54, 1.807) is 0 Å². The lowest BCUT2D eigenvalue weighted by atomic mass is 10.3. The molecular weight excluding hydrogens is 134 g/mol. The Labute approximate surface area is 57.4 Å². The maximum absolute atomic E-state index is 9.98. The van der Waals surface area contributed by atoms with E-state index in [-0.39, 0.29) is 6.17 Å². The SMILES string of the molecule is [N-]=[N+]=NC1CCCN1N=O. The molecule has 0 N–H and O–H groups in total. The lowest BCUT2D eigenvalue weighted by Crippen LogP contribution is -2.20. The van der Waals surface area contributed by atoms with Crippen LogP contribution in [0.4, 0.5) is 0 Å². The van der Waals surface area contributed by atoms with Crippen molar-refractivity contribution in [2.75, 3.05) is 6.54 Å². The summed E-state index contributed by atoms with van der Waals surface area (Å²) in [5, 5.41) is 7.36. The van der Waals surface area contributed by atoms with E-state index in [9.17, 15) is 4.91 Å². The van der Waals surface area contributed by atoms with Crippen molar-refractivity contribution >= 4 is 0 Å². The van der Waals surface area contributed by atoms with E-state index in [1.165, 1.54) is 5.01 Å². The van der Waals surface area contributed by atoms with Crippen molar-refractivity contribution in [2.24, 2.45) is 10.4 Å². The molecule has 10 heavy (non-hydrogen) atoms. The van der Waals surface area contributed by atoms with Crippen molar-refractivity contribution in [3.05, 3.63) is 15.3 Å². The minimum absolute atomic E-state index is 0.345. The van der Waals surface area contributed by atoms with Gasteiger partial charge in [0.2, 0.25) is 0 Å². The smallest absolute Gasteiger partial charge is 0.129 e. The molecule has 1 heterocycles. The maximum atomic E-state index is 9.98. The van der Waals surface area contributed by atoms with Crippen molar-refractivity contribution in [2.45, 2.75) is 19.0 Å². The zero-order valence-corrected chi connectivity index (χ0v) is 5.34. The fourth-order valence-electron chi connectivity index (χ4n) is 1.01. The molecule has 1 saturated heterocycles. The number of azide groups is 1. The van der Waals surface area contributed by atoms with Gasteiger partial charge in [-0.05, 0) is 18.4 Å². The molecule has 0 radical (unpaired) electrons. The van der Waals surface area contributed by atoms with Gasteiger partial charge in [-0.25, -0.2) is 0 Å². The first-order valence-electron chi connectivity index (χ1n) is 3.02. The van der Waals surface area contributed by atoms with Gasteiger partial charge < -0.3 is 0 Å².